The summed E-state index contributed by atoms with van der Waals surface area (Å²) < 4.78 is 70.0. The molecule has 0 N–H and O–H groups in total. The molecule has 4 aromatic carbocycles. The Kier molecular flexibility index (Phi) is 11.0. The molecule has 0 aliphatic carbocycles. The van der Waals surface area contributed by atoms with Crippen LogP contribution in [0.1, 0.15) is 38.9 Å². The van der Waals surface area contributed by atoms with Crippen molar-refractivity contribution < 1.29 is 22.0 Å². The molecule has 0 amide bonds. The molecule has 0 unspecified atom stereocenters. The SMILES string of the molecule is Cc1ccc(-c2ccc(CCc3cc(CCc4ccc(-c5ccc(F)cc5F)nc4)cc(CCc4ccc(-c5ccc(F)cc5F)nc4)c3)cn2)c(F)c1. The van der Waals surface area contributed by atoms with Gasteiger partial charge in [0.25, 0.3) is 0 Å². The number of benzene rings is 4. The molecule has 0 radical (unpaired) electrons. The summed E-state index contributed by atoms with van der Waals surface area (Å²) in [6.07, 6.45) is 9.75. The summed E-state index contributed by atoms with van der Waals surface area (Å²) in [7, 11) is 0. The van der Waals surface area contributed by atoms with Gasteiger partial charge in [-0.05, 0) is 139 Å². The normalized spacial score (nSPS) is 11.2. The molecule has 7 rings (SSSR count). The van der Waals surface area contributed by atoms with Crippen LogP contribution in [-0.4, -0.2) is 15.0 Å². The highest BCUT2D eigenvalue weighted by molar-refractivity contribution is 5.62. The van der Waals surface area contributed by atoms with Crippen molar-refractivity contribution in [3.8, 4) is 33.8 Å². The van der Waals surface area contributed by atoms with Crippen molar-refractivity contribution in [3.63, 3.8) is 0 Å². The monoisotopic (exact) mass is 725 g/mol. The third kappa shape index (κ3) is 8.94. The summed E-state index contributed by atoms with van der Waals surface area (Å²) in [4.78, 5) is 13.5. The maximum atomic E-state index is 14.6. The number of aromatic nitrogens is 3. The van der Waals surface area contributed by atoms with Gasteiger partial charge in [-0.15, -0.1) is 0 Å². The highest BCUT2D eigenvalue weighted by Crippen LogP contribution is 2.26. The second kappa shape index (κ2) is 16.3. The lowest BCUT2D eigenvalue weighted by Crippen LogP contribution is -2.01. The molecule has 0 saturated carbocycles. The number of hydrogen-bond donors (Lipinski definition) is 0. The van der Waals surface area contributed by atoms with E-state index in [1.165, 1.54) is 47.0 Å². The summed E-state index contributed by atoms with van der Waals surface area (Å²) in [6.45, 7) is 1.85. The van der Waals surface area contributed by atoms with E-state index in [1.54, 1.807) is 30.6 Å². The highest BCUT2D eigenvalue weighted by Gasteiger charge is 2.12. The van der Waals surface area contributed by atoms with E-state index in [1.807, 2.05) is 43.5 Å². The van der Waals surface area contributed by atoms with Crippen LogP contribution >= 0.6 is 0 Å². The van der Waals surface area contributed by atoms with Crippen molar-refractivity contribution in [2.45, 2.75) is 45.4 Å². The fraction of sp³-hybridized carbons (Fsp3) is 0.152. The first-order valence-corrected chi connectivity index (χ1v) is 17.8. The Morgan fingerprint density at radius 1 is 0.352 bits per heavy atom. The summed E-state index contributed by atoms with van der Waals surface area (Å²) in [6, 6.07) is 29.9. The van der Waals surface area contributed by atoms with Gasteiger partial charge in [0.1, 0.15) is 29.1 Å². The Balaban J connectivity index is 1.06. The molecule has 0 bridgehead atoms. The van der Waals surface area contributed by atoms with Gasteiger partial charge in [0.2, 0.25) is 0 Å². The number of rotatable bonds is 12. The molecule has 0 fully saturated rings. The van der Waals surface area contributed by atoms with Crippen LogP contribution in [0.5, 0.6) is 0 Å². The maximum absolute atomic E-state index is 14.6. The Labute approximate surface area is 311 Å². The molecule has 3 aromatic heterocycles. The zero-order valence-corrected chi connectivity index (χ0v) is 29.6. The lowest BCUT2D eigenvalue weighted by molar-refractivity contribution is 0.584. The van der Waals surface area contributed by atoms with E-state index in [0.29, 0.717) is 35.5 Å². The molecule has 3 heterocycles. The Morgan fingerprint density at radius 3 is 1.00 bits per heavy atom. The van der Waals surface area contributed by atoms with E-state index >= 15 is 0 Å². The van der Waals surface area contributed by atoms with E-state index in [0.717, 1.165) is 60.1 Å². The average molecular weight is 726 g/mol. The van der Waals surface area contributed by atoms with Gasteiger partial charge >= 0.3 is 0 Å². The third-order valence-corrected chi connectivity index (χ3v) is 9.51. The Morgan fingerprint density at radius 2 is 0.685 bits per heavy atom. The van der Waals surface area contributed by atoms with Gasteiger partial charge in [-0.1, -0.05) is 42.5 Å². The predicted octanol–water partition coefficient (Wildman–Crippen LogP) is 11.2. The maximum Gasteiger partial charge on any atom is 0.135 e. The van der Waals surface area contributed by atoms with Crippen molar-refractivity contribution in [3.05, 3.63) is 196 Å². The van der Waals surface area contributed by atoms with E-state index < -0.39 is 23.3 Å². The van der Waals surface area contributed by atoms with Crippen molar-refractivity contribution in [2.75, 3.05) is 0 Å². The summed E-state index contributed by atoms with van der Waals surface area (Å²) >= 11 is 0. The molecular weight excluding hydrogens is 690 g/mol. The van der Waals surface area contributed by atoms with Gasteiger partial charge in [0.05, 0.1) is 17.1 Å². The van der Waals surface area contributed by atoms with Crippen molar-refractivity contribution in [1.29, 1.82) is 0 Å². The quantitative estimate of drug-likeness (QED) is 0.118. The van der Waals surface area contributed by atoms with Crippen LogP contribution in [0.15, 0.2) is 128 Å². The van der Waals surface area contributed by atoms with Crippen LogP contribution in [0.4, 0.5) is 22.0 Å². The van der Waals surface area contributed by atoms with Gasteiger partial charge in [-0.2, -0.15) is 0 Å². The molecule has 0 saturated heterocycles. The van der Waals surface area contributed by atoms with Gasteiger partial charge in [-0.25, -0.2) is 22.0 Å². The molecule has 0 atom stereocenters. The fourth-order valence-corrected chi connectivity index (χ4v) is 6.56. The van der Waals surface area contributed by atoms with Crippen LogP contribution in [0.25, 0.3) is 33.8 Å². The van der Waals surface area contributed by atoms with E-state index in [9.17, 15) is 22.0 Å². The summed E-state index contributed by atoms with van der Waals surface area (Å²) in [5.41, 5.74) is 9.86. The first kappa shape index (κ1) is 36.3. The first-order chi connectivity index (χ1) is 26.2. The van der Waals surface area contributed by atoms with Crippen LogP contribution in [0.2, 0.25) is 0 Å². The molecule has 54 heavy (non-hydrogen) atoms. The van der Waals surface area contributed by atoms with Gasteiger partial charge in [0.15, 0.2) is 0 Å². The molecule has 0 spiro atoms. The van der Waals surface area contributed by atoms with Crippen LogP contribution in [0, 0.1) is 36.0 Å². The molecule has 8 heteroatoms. The second-order valence-corrected chi connectivity index (χ2v) is 13.5. The molecular formula is C46H36F5N3. The average Bonchev–Trinajstić information content (AvgIpc) is 3.16. The van der Waals surface area contributed by atoms with Crippen molar-refractivity contribution in [2.24, 2.45) is 0 Å². The van der Waals surface area contributed by atoms with Gasteiger partial charge in [-0.3, -0.25) is 15.0 Å². The van der Waals surface area contributed by atoms with E-state index in [2.05, 4.69) is 33.2 Å². The Bertz CT molecular complexity index is 2110. The van der Waals surface area contributed by atoms with Gasteiger partial charge in [0, 0.05) is 47.4 Å². The zero-order chi connectivity index (χ0) is 37.6. The number of halogens is 5. The van der Waals surface area contributed by atoms with Crippen molar-refractivity contribution >= 4 is 0 Å². The minimum atomic E-state index is -0.653. The lowest BCUT2D eigenvalue weighted by atomic mass is 9.94. The molecule has 0 aliphatic heterocycles. The number of aryl methyl sites for hydroxylation is 7. The topological polar surface area (TPSA) is 38.7 Å². The molecule has 270 valence electrons. The zero-order valence-electron chi connectivity index (χ0n) is 29.6. The minimum absolute atomic E-state index is 0.250. The minimum Gasteiger partial charge on any atom is -0.256 e. The fourth-order valence-electron chi connectivity index (χ4n) is 6.56. The molecule has 0 aliphatic rings. The Hall–Kier alpha value is -6.02. The second-order valence-electron chi connectivity index (χ2n) is 13.5. The van der Waals surface area contributed by atoms with Crippen molar-refractivity contribution in [1.82, 2.24) is 15.0 Å². The van der Waals surface area contributed by atoms with Gasteiger partial charge < -0.3 is 0 Å². The highest BCUT2D eigenvalue weighted by atomic mass is 19.1. The predicted molar refractivity (Wildman–Crippen MR) is 202 cm³/mol. The number of hydrogen-bond acceptors (Lipinski definition) is 3. The smallest absolute Gasteiger partial charge is 0.135 e. The third-order valence-electron chi connectivity index (χ3n) is 9.51. The number of nitrogens with zero attached hydrogens (tertiary/aromatic N) is 3. The largest absolute Gasteiger partial charge is 0.256 e. The summed E-state index contributed by atoms with van der Waals surface area (Å²) in [5.74, 6) is -2.86. The van der Waals surface area contributed by atoms with Crippen LogP contribution < -0.4 is 0 Å². The van der Waals surface area contributed by atoms with Crippen LogP contribution in [-0.2, 0) is 38.5 Å². The lowest BCUT2D eigenvalue weighted by Gasteiger charge is -2.12. The first-order valence-electron chi connectivity index (χ1n) is 17.8. The molecule has 3 nitrogen and oxygen atoms in total. The molecule has 7 aromatic rings. The summed E-state index contributed by atoms with van der Waals surface area (Å²) in [5, 5.41) is 0. The van der Waals surface area contributed by atoms with E-state index in [4.69, 9.17) is 0 Å². The van der Waals surface area contributed by atoms with Crippen LogP contribution in [0.3, 0.4) is 0 Å². The van der Waals surface area contributed by atoms with E-state index in [-0.39, 0.29) is 16.9 Å². The standard InChI is InChI=1S/C46H36F5N3/c1-29-2-14-38(41(49)20-29)44-17-9-30(26-52-44)3-6-33-21-34(7-4-31-10-18-45(53-27-31)39-15-12-36(47)24-42(39)50)23-35(22-33)8-5-32-11-19-46(54-28-32)40-16-13-37(48)25-43(40)51/h2,9-28H,3-8H2,1H3. The number of pyridine rings is 3.